The molecule has 0 aromatic heterocycles. The summed E-state index contributed by atoms with van der Waals surface area (Å²) in [4.78, 5) is 0. The Morgan fingerprint density at radius 2 is 1.12 bits per heavy atom. The first-order valence-electron chi connectivity index (χ1n) is 1.79. The van der Waals surface area contributed by atoms with Crippen molar-refractivity contribution in [3.63, 3.8) is 0 Å². The van der Waals surface area contributed by atoms with Crippen LogP contribution in [0.1, 0.15) is 0 Å². The molecule has 0 saturated carbocycles. The summed E-state index contributed by atoms with van der Waals surface area (Å²) in [5, 5.41) is 0. The van der Waals surface area contributed by atoms with Gasteiger partial charge in [-0.15, -0.1) is 12.4 Å². The summed E-state index contributed by atoms with van der Waals surface area (Å²) in [5.41, 5.74) is 0. The maximum Gasteiger partial charge on any atom is 0.0379 e. The Bertz CT molecular complexity index is 33.9. The van der Waals surface area contributed by atoms with Gasteiger partial charge in [-0.25, -0.2) is 0 Å². The molecule has 0 N–H and O–H groups in total. The number of rotatable bonds is 0. The van der Waals surface area contributed by atoms with Crippen molar-refractivity contribution in [1.29, 1.82) is 0 Å². The second kappa shape index (κ2) is 25.3. The van der Waals surface area contributed by atoms with Gasteiger partial charge in [-0.1, -0.05) is 19.6 Å². The van der Waals surface area contributed by atoms with Crippen LogP contribution in [0.2, 0.25) is 19.6 Å². The van der Waals surface area contributed by atoms with Crippen LogP contribution in [-0.4, -0.2) is 8.80 Å². The fourth-order valence-corrected chi connectivity index (χ4v) is 0. The Morgan fingerprint density at radius 3 is 1.12 bits per heavy atom. The van der Waals surface area contributed by atoms with E-state index in [2.05, 4.69) is 26.1 Å². The van der Waals surface area contributed by atoms with Gasteiger partial charge in [0, 0.05) is 28.3 Å². The van der Waals surface area contributed by atoms with Crippen LogP contribution in [0.15, 0.2) is 0 Å². The van der Waals surface area contributed by atoms with Gasteiger partial charge in [-0.3, -0.25) is 0 Å². The summed E-state index contributed by atoms with van der Waals surface area (Å²) in [7, 11) is 0.120. The van der Waals surface area contributed by atoms with Crippen LogP contribution in [0.4, 0.5) is 0 Å². The first kappa shape index (κ1) is 23.4. The third kappa shape index (κ3) is 455. The first-order valence-corrected chi connectivity index (χ1v) is 4.79. The second-order valence-corrected chi connectivity index (χ2v) is 4.50. The molecule has 0 unspecified atom stereocenters. The van der Waals surface area contributed by atoms with Gasteiger partial charge in [-0.05, 0) is 0 Å². The molecular weight excluding hydrogens is 189 g/mol. The van der Waals surface area contributed by atoms with Crippen LogP contribution < -0.4 is 0 Å². The molecule has 45 valence electrons. The largest absolute Gasteiger partial charge is 0.697 e. The zero-order valence-electron chi connectivity index (χ0n) is 5.69. The number of halogens is 1. The van der Waals surface area contributed by atoms with E-state index in [1.807, 2.05) is 0 Å². The second-order valence-electron chi connectivity index (χ2n) is 1.50. The van der Waals surface area contributed by atoms with Gasteiger partial charge in [0.25, 0.3) is 0 Å². The molecule has 0 nitrogen and oxygen atoms in total. The topological polar surface area (TPSA) is 0 Å². The van der Waals surface area contributed by atoms with Gasteiger partial charge >= 0.3 is 0 Å². The number of hydrogen-bond acceptors (Lipinski definition) is 0. The van der Waals surface area contributed by atoms with E-state index < -0.39 is 0 Å². The predicted octanol–water partition coefficient (Wildman–Crippen LogP) is 2.00. The molecule has 0 rings (SSSR count). The van der Waals surface area contributed by atoms with E-state index in [0.29, 0.717) is 0 Å². The molecule has 0 amide bonds. The maximum atomic E-state index is 5.25. The molecule has 0 saturated heterocycles. The van der Waals surface area contributed by atoms with Crippen molar-refractivity contribution in [2.24, 2.45) is 0 Å². The molecule has 0 aliphatic heterocycles. The van der Waals surface area contributed by atoms with Gasteiger partial charge in [-0.2, -0.15) is 0 Å². The Labute approximate surface area is 73.2 Å². The quantitative estimate of drug-likeness (QED) is 0.318. The fourth-order valence-electron chi connectivity index (χ4n) is 0. The third-order valence-electron chi connectivity index (χ3n) is 0. The maximum absolute atomic E-state index is 5.25. The van der Waals surface area contributed by atoms with Crippen LogP contribution in [0.3, 0.4) is 0 Å². The van der Waals surface area contributed by atoms with E-state index in [9.17, 15) is 0 Å². The van der Waals surface area contributed by atoms with E-state index in [1.165, 1.54) is 0 Å². The van der Waals surface area contributed by atoms with Crippen molar-refractivity contribution in [3.8, 4) is 6.42 Å². The summed E-state index contributed by atoms with van der Waals surface area (Å²) in [6, 6.07) is 0. The van der Waals surface area contributed by atoms with E-state index in [4.69, 9.17) is 6.42 Å². The smallest absolute Gasteiger partial charge is 0.0379 e. The Balaban J connectivity index is -0.0000000183. The van der Waals surface area contributed by atoms with E-state index in [0.717, 1.165) is 0 Å². The van der Waals surface area contributed by atoms with Gasteiger partial charge in [0.15, 0.2) is 0 Å². The molecule has 8 heavy (non-hydrogen) atoms. The van der Waals surface area contributed by atoms with E-state index >= 15 is 0 Å². The minimum absolute atomic E-state index is 0. The molecule has 3 heteroatoms. The van der Waals surface area contributed by atoms with E-state index in [1.54, 1.807) is 0 Å². The van der Waals surface area contributed by atoms with Gasteiger partial charge < -0.3 is 12.8 Å². The zero-order valence-corrected chi connectivity index (χ0v) is 10.5. The Kier molecular flexibility index (Phi) is 73.8. The van der Waals surface area contributed by atoms with Crippen molar-refractivity contribution in [3.05, 3.63) is 6.42 Å². The molecule has 0 aliphatic carbocycles. The van der Waals surface area contributed by atoms with Crippen LogP contribution in [0.25, 0.3) is 0 Å². The average molecular weight is 200 g/mol. The zero-order chi connectivity index (χ0) is 5.58. The molecule has 1 radical (unpaired) electrons. The van der Waals surface area contributed by atoms with Crippen LogP contribution in [0.5, 0.6) is 0 Å². The van der Waals surface area contributed by atoms with Crippen molar-refractivity contribution < 1.29 is 19.5 Å². The molecule has 0 atom stereocenters. The van der Waals surface area contributed by atoms with Crippen LogP contribution in [0, 0.1) is 12.8 Å². The molecular formula is C5H11ClSiZn-. The third-order valence-corrected chi connectivity index (χ3v) is 0. The normalized spacial score (nSPS) is 4.75. The van der Waals surface area contributed by atoms with Gasteiger partial charge in [0.05, 0.1) is 0 Å². The predicted molar refractivity (Wildman–Crippen MR) is 38.8 cm³/mol. The van der Waals surface area contributed by atoms with Gasteiger partial charge in [0.2, 0.25) is 0 Å². The fraction of sp³-hybridized carbons (Fsp3) is 0.600. The average Bonchev–Trinajstić information content (AvgIpc) is 1.41. The summed E-state index contributed by atoms with van der Waals surface area (Å²) in [6.07, 6.45) is 9.00. The minimum Gasteiger partial charge on any atom is -0.697 e. The molecule has 0 bridgehead atoms. The summed E-state index contributed by atoms with van der Waals surface area (Å²) >= 11 is 0. The molecule has 0 aromatic carbocycles. The minimum atomic E-state index is 0. The summed E-state index contributed by atoms with van der Waals surface area (Å²) in [5.74, 6) is 0. The van der Waals surface area contributed by atoms with Gasteiger partial charge in [0.1, 0.15) is 0 Å². The molecule has 0 spiro atoms. The van der Waals surface area contributed by atoms with Crippen molar-refractivity contribution in [2.75, 3.05) is 0 Å². The number of terminal acetylenes is 1. The van der Waals surface area contributed by atoms with Crippen molar-refractivity contribution in [1.82, 2.24) is 0 Å². The standard InChI is InChI=1S/C3H9Si.C2H.ClH.Zn/c1-4(2)3;1-2;;/h1-3H3;1H;1H;/q;-1;;. The summed E-state index contributed by atoms with van der Waals surface area (Å²) in [6.45, 7) is 6.81. The number of hydrogen-bond donors (Lipinski definition) is 0. The molecule has 0 fully saturated rings. The molecule has 0 aromatic rings. The molecule has 0 heterocycles. The van der Waals surface area contributed by atoms with E-state index in [-0.39, 0.29) is 40.7 Å². The Morgan fingerprint density at radius 1 is 1.12 bits per heavy atom. The van der Waals surface area contributed by atoms with Crippen molar-refractivity contribution in [2.45, 2.75) is 19.6 Å². The van der Waals surface area contributed by atoms with Crippen molar-refractivity contribution >= 4 is 21.2 Å². The molecule has 0 aliphatic rings. The summed E-state index contributed by atoms with van der Waals surface area (Å²) < 4.78 is 0. The van der Waals surface area contributed by atoms with Crippen LogP contribution >= 0.6 is 12.4 Å². The Hall–Kier alpha value is 0.690. The van der Waals surface area contributed by atoms with Crippen LogP contribution in [-0.2, 0) is 19.5 Å². The monoisotopic (exact) mass is 198 g/mol. The first-order chi connectivity index (χ1) is 2.73. The SMILES string of the molecule is C[Si](C)C.Cl.[C-]#C.[Zn].